The lowest BCUT2D eigenvalue weighted by molar-refractivity contribution is -0.117. The summed E-state index contributed by atoms with van der Waals surface area (Å²) in [6.07, 6.45) is 2.27. The Morgan fingerprint density at radius 3 is 2.40 bits per heavy atom. The van der Waals surface area contributed by atoms with Crippen molar-refractivity contribution in [3.8, 4) is 5.75 Å². The molecule has 0 aromatic heterocycles. The third-order valence-electron chi connectivity index (χ3n) is 4.02. The molecule has 1 saturated carbocycles. The molecule has 5 heteroatoms. The standard InChI is InChI=1S/C20H19NO4/c1-2-18(22)13-8-10-17(11-9-13)25-20(24)15-4-3-5-16(12-15)21-19(23)14-6-7-14/h3-5,8-12,14H,2,6-7H2,1H3,(H,21,23). The maximum atomic E-state index is 12.3. The first-order valence-corrected chi connectivity index (χ1v) is 8.33. The average Bonchev–Trinajstić information content (AvgIpc) is 3.47. The van der Waals surface area contributed by atoms with Gasteiger partial charge in [-0.15, -0.1) is 0 Å². The molecule has 3 rings (SSSR count). The van der Waals surface area contributed by atoms with Crippen LogP contribution in [-0.4, -0.2) is 17.7 Å². The zero-order valence-corrected chi connectivity index (χ0v) is 14.0. The molecule has 1 aliphatic rings. The summed E-state index contributed by atoms with van der Waals surface area (Å²) < 4.78 is 5.33. The van der Waals surface area contributed by atoms with E-state index < -0.39 is 5.97 Å². The van der Waals surface area contributed by atoms with Gasteiger partial charge >= 0.3 is 5.97 Å². The highest BCUT2D eigenvalue weighted by Crippen LogP contribution is 2.30. The SMILES string of the molecule is CCC(=O)c1ccc(OC(=O)c2cccc(NC(=O)C3CC3)c2)cc1. The minimum absolute atomic E-state index is 0.0123. The van der Waals surface area contributed by atoms with Gasteiger partial charge in [-0.05, 0) is 55.3 Å². The number of Topliss-reactive ketones (excluding diaryl/α,β-unsaturated/α-hetero) is 1. The molecule has 1 N–H and O–H groups in total. The van der Waals surface area contributed by atoms with Crippen LogP contribution in [0.1, 0.15) is 46.9 Å². The molecule has 1 amide bonds. The van der Waals surface area contributed by atoms with Gasteiger partial charge in [-0.2, -0.15) is 0 Å². The van der Waals surface area contributed by atoms with Gasteiger partial charge in [-0.3, -0.25) is 9.59 Å². The van der Waals surface area contributed by atoms with Crippen LogP contribution in [0.25, 0.3) is 0 Å². The number of carbonyl (C=O) groups excluding carboxylic acids is 3. The van der Waals surface area contributed by atoms with Gasteiger partial charge in [0.2, 0.25) is 5.91 Å². The zero-order valence-electron chi connectivity index (χ0n) is 14.0. The summed E-state index contributed by atoms with van der Waals surface area (Å²) in [7, 11) is 0. The van der Waals surface area contributed by atoms with E-state index in [0.29, 0.717) is 29.0 Å². The molecule has 0 bridgehead atoms. The summed E-state index contributed by atoms with van der Waals surface area (Å²) in [4.78, 5) is 35.7. The molecule has 1 aliphatic carbocycles. The van der Waals surface area contributed by atoms with Gasteiger partial charge in [0.1, 0.15) is 5.75 Å². The summed E-state index contributed by atoms with van der Waals surface area (Å²) in [5, 5.41) is 2.81. The van der Waals surface area contributed by atoms with E-state index >= 15 is 0 Å². The second kappa shape index (κ2) is 7.30. The largest absolute Gasteiger partial charge is 0.423 e. The number of esters is 1. The number of ketones is 1. The summed E-state index contributed by atoms with van der Waals surface area (Å²) >= 11 is 0. The fourth-order valence-electron chi connectivity index (χ4n) is 2.39. The lowest BCUT2D eigenvalue weighted by atomic mass is 10.1. The van der Waals surface area contributed by atoms with Gasteiger partial charge in [0.05, 0.1) is 5.56 Å². The van der Waals surface area contributed by atoms with Crippen LogP contribution in [0.4, 0.5) is 5.69 Å². The Hall–Kier alpha value is -2.95. The summed E-state index contributed by atoms with van der Waals surface area (Å²) in [6.45, 7) is 1.80. The van der Waals surface area contributed by atoms with Crippen LogP contribution in [0.15, 0.2) is 48.5 Å². The quantitative estimate of drug-likeness (QED) is 0.494. The Balaban J connectivity index is 1.66. The summed E-state index contributed by atoms with van der Waals surface area (Å²) in [6, 6.07) is 13.1. The number of benzene rings is 2. The van der Waals surface area contributed by atoms with E-state index in [1.807, 2.05) is 0 Å². The maximum Gasteiger partial charge on any atom is 0.343 e. The van der Waals surface area contributed by atoms with Crippen molar-refractivity contribution in [2.45, 2.75) is 26.2 Å². The van der Waals surface area contributed by atoms with E-state index in [1.54, 1.807) is 55.5 Å². The van der Waals surface area contributed by atoms with Gasteiger partial charge in [0.15, 0.2) is 5.78 Å². The average molecular weight is 337 g/mol. The molecule has 1 fully saturated rings. The fourth-order valence-corrected chi connectivity index (χ4v) is 2.39. The summed E-state index contributed by atoms with van der Waals surface area (Å²) in [5.74, 6) is -0.0270. The number of rotatable bonds is 6. The number of ether oxygens (including phenoxy) is 1. The Morgan fingerprint density at radius 1 is 1.04 bits per heavy atom. The number of nitrogens with one attached hydrogen (secondary N) is 1. The highest BCUT2D eigenvalue weighted by Gasteiger charge is 2.29. The van der Waals surface area contributed by atoms with Crippen LogP contribution in [0.5, 0.6) is 5.75 Å². The van der Waals surface area contributed by atoms with E-state index in [2.05, 4.69) is 5.32 Å². The molecular formula is C20H19NO4. The minimum Gasteiger partial charge on any atom is -0.423 e. The van der Waals surface area contributed by atoms with Crippen LogP contribution >= 0.6 is 0 Å². The first kappa shape index (κ1) is 16.9. The highest BCUT2D eigenvalue weighted by molar-refractivity contribution is 5.97. The topological polar surface area (TPSA) is 72.5 Å². The van der Waals surface area contributed by atoms with E-state index in [1.165, 1.54) is 0 Å². The predicted molar refractivity (Wildman–Crippen MR) is 93.8 cm³/mol. The van der Waals surface area contributed by atoms with E-state index in [9.17, 15) is 14.4 Å². The Morgan fingerprint density at radius 2 is 1.76 bits per heavy atom. The molecule has 0 radical (unpaired) electrons. The van der Waals surface area contributed by atoms with Crippen molar-refractivity contribution in [2.75, 3.05) is 5.32 Å². The van der Waals surface area contributed by atoms with E-state index in [4.69, 9.17) is 4.74 Å². The van der Waals surface area contributed by atoms with Crippen molar-refractivity contribution in [1.29, 1.82) is 0 Å². The van der Waals surface area contributed by atoms with Crippen molar-refractivity contribution >= 4 is 23.3 Å². The molecule has 0 atom stereocenters. The number of anilines is 1. The van der Waals surface area contributed by atoms with Crippen molar-refractivity contribution in [2.24, 2.45) is 5.92 Å². The van der Waals surface area contributed by atoms with Crippen molar-refractivity contribution in [1.82, 2.24) is 0 Å². The van der Waals surface area contributed by atoms with Gasteiger partial charge in [-0.25, -0.2) is 4.79 Å². The molecule has 0 spiro atoms. The van der Waals surface area contributed by atoms with E-state index in [0.717, 1.165) is 12.8 Å². The van der Waals surface area contributed by atoms with Crippen LogP contribution < -0.4 is 10.1 Å². The zero-order chi connectivity index (χ0) is 17.8. The normalized spacial score (nSPS) is 13.2. The number of carbonyl (C=O) groups is 3. The molecule has 0 heterocycles. The van der Waals surface area contributed by atoms with Crippen LogP contribution in [0, 0.1) is 5.92 Å². The molecule has 0 saturated heterocycles. The number of hydrogen-bond donors (Lipinski definition) is 1. The van der Waals surface area contributed by atoms with E-state index in [-0.39, 0.29) is 17.6 Å². The second-order valence-corrected chi connectivity index (χ2v) is 6.03. The maximum absolute atomic E-state index is 12.3. The first-order valence-electron chi connectivity index (χ1n) is 8.33. The van der Waals surface area contributed by atoms with Crippen molar-refractivity contribution in [3.63, 3.8) is 0 Å². The second-order valence-electron chi connectivity index (χ2n) is 6.03. The minimum atomic E-state index is -0.517. The highest BCUT2D eigenvalue weighted by atomic mass is 16.5. The number of amides is 1. The molecule has 5 nitrogen and oxygen atoms in total. The Bertz CT molecular complexity index is 807. The summed E-state index contributed by atoms with van der Waals surface area (Å²) in [5.41, 5.74) is 1.52. The lowest BCUT2D eigenvalue weighted by Crippen LogP contribution is -2.14. The van der Waals surface area contributed by atoms with Crippen LogP contribution in [0.3, 0.4) is 0 Å². The monoisotopic (exact) mass is 337 g/mol. The Kier molecular flexibility index (Phi) is 4.93. The molecule has 128 valence electrons. The Labute approximate surface area is 146 Å². The molecule has 2 aromatic carbocycles. The molecule has 0 unspecified atom stereocenters. The smallest absolute Gasteiger partial charge is 0.343 e. The van der Waals surface area contributed by atoms with Crippen LogP contribution in [-0.2, 0) is 4.79 Å². The van der Waals surface area contributed by atoms with Crippen molar-refractivity contribution in [3.05, 3.63) is 59.7 Å². The van der Waals surface area contributed by atoms with Gasteiger partial charge in [0, 0.05) is 23.6 Å². The van der Waals surface area contributed by atoms with Gasteiger partial charge < -0.3 is 10.1 Å². The molecule has 0 aliphatic heterocycles. The first-order chi connectivity index (χ1) is 12.1. The number of hydrogen-bond acceptors (Lipinski definition) is 4. The molecular weight excluding hydrogens is 318 g/mol. The third-order valence-corrected chi connectivity index (χ3v) is 4.02. The third kappa shape index (κ3) is 4.32. The predicted octanol–water partition coefficient (Wildman–Crippen LogP) is 3.85. The lowest BCUT2D eigenvalue weighted by Gasteiger charge is -2.08. The molecule has 25 heavy (non-hydrogen) atoms. The van der Waals surface area contributed by atoms with Gasteiger partial charge in [-0.1, -0.05) is 13.0 Å². The van der Waals surface area contributed by atoms with Gasteiger partial charge in [0.25, 0.3) is 0 Å². The molecule has 2 aromatic rings. The van der Waals surface area contributed by atoms with Crippen LogP contribution in [0.2, 0.25) is 0 Å². The fraction of sp³-hybridized carbons (Fsp3) is 0.250. The van der Waals surface area contributed by atoms with Crippen molar-refractivity contribution < 1.29 is 19.1 Å².